The van der Waals surface area contributed by atoms with Crippen LogP contribution in [0.4, 0.5) is 13.2 Å². The van der Waals surface area contributed by atoms with E-state index in [-0.39, 0.29) is 22.9 Å². The highest BCUT2D eigenvalue weighted by atomic mass is 32.2. The molecule has 0 aromatic heterocycles. The Morgan fingerprint density at radius 2 is 1.96 bits per heavy atom. The molecule has 0 aliphatic rings. The largest absolute Gasteiger partial charge is 0.493 e. The molecule has 0 saturated heterocycles. The Bertz CT molecular complexity index is 743. The van der Waals surface area contributed by atoms with Crippen molar-refractivity contribution in [3.63, 3.8) is 0 Å². The van der Waals surface area contributed by atoms with Gasteiger partial charge in [-0.1, -0.05) is 24.3 Å². The number of amides is 1. The molecule has 26 heavy (non-hydrogen) atoms. The van der Waals surface area contributed by atoms with Crippen LogP contribution in [0.15, 0.2) is 42.5 Å². The van der Waals surface area contributed by atoms with Gasteiger partial charge in [0.25, 0.3) is 5.91 Å². The fourth-order valence-electron chi connectivity index (χ4n) is 2.20. The van der Waals surface area contributed by atoms with Crippen molar-refractivity contribution in [2.45, 2.75) is 12.4 Å². The number of hydrogen-bond donors (Lipinski definition) is 1. The molecule has 0 bridgehead atoms. The van der Waals surface area contributed by atoms with Crippen LogP contribution < -0.4 is 14.8 Å². The SMILES string of the molecule is COc1cccc(C(=O)NCCSCc2ccccc2F)c1OC(F)F. The van der Waals surface area contributed by atoms with Crippen molar-refractivity contribution >= 4 is 17.7 Å². The van der Waals surface area contributed by atoms with E-state index in [9.17, 15) is 18.0 Å². The van der Waals surface area contributed by atoms with Gasteiger partial charge >= 0.3 is 6.61 Å². The molecule has 0 spiro atoms. The van der Waals surface area contributed by atoms with Crippen molar-refractivity contribution in [1.82, 2.24) is 5.32 Å². The summed E-state index contributed by atoms with van der Waals surface area (Å²) in [6.45, 7) is -2.78. The number of carbonyl (C=O) groups is 1. The monoisotopic (exact) mass is 385 g/mol. The van der Waals surface area contributed by atoms with Gasteiger partial charge in [-0.3, -0.25) is 4.79 Å². The first-order valence-corrected chi connectivity index (χ1v) is 8.89. The molecular formula is C18H18F3NO3S. The Hall–Kier alpha value is -2.35. The Morgan fingerprint density at radius 1 is 1.19 bits per heavy atom. The molecule has 140 valence electrons. The molecule has 0 heterocycles. The predicted molar refractivity (Wildman–Crippen MR) is 94.5 cm³/mol. The van der Waals surface area contributed by atoms with Crippen LogP contribution in [0, 0.1) is 5.82 Å². The Morgan fingerprint density at radius 3 is 2.65 bits per heavy atom. The highest BCUT2D eigenvalue weighted by Gasteiger charge is 2.19. The molecule has 0 atom stereocenters. The van der Waals surface area contributed by atoms with Crippen molar-refractivity contribution < 1.29 is 27.4 Å². The molecule has 8 heteroatoms. The quantitative estimate of drug-likeness (QED) is 0.661. The molecule has 0 fully saturated rings. The fraction of sp³-hybridized carbons (Fsp3) is 0.278. The maximum absolute atomic E-state index is 13.5. The molecule has 2 aromatic carbocycles. The number of alkyl halides is 2. The van der Waals surface area contributed by atoms with Gasteiger partial charge in [0.1, 0.15) is 5.82 Å². The molecule has 0 radical (unpaired) electrons. The maximum atomic E-state index is 13.5. The third kappa shape index (κ3) is 5.59. The summed E-state index contributed by atoms with van der Waals surface area (Å²) in [5, 5.41) is 2.63. The number of hydrogen-bond acceptors (Lipinski definition) is 4. The zero-order valence-electron chi connectivity index (χ0n) is 14.0. The second kappa shape index (κ2) is 9.96. The van der Waals surface area contributed by atoms with Gasteiger partial charge in [-0.15, -0.1) is 0 Å². The minimum atomic E-state index is -3.07. The zero-order valence-corrected chi connectivity index (χ0v) is 14.8. The predicted octanol–water partition coefficient (Wildman–Crippen LogP) is 4.10. The fourth-order valence-corrected chi connectivity index (χ4v) is 3.04. The van der Waals surface area contributed by atoms with Gasteiger partial charge in [-0.25, -0.2) is 4.39 Å². The summed E-state index contributed by atoms with van der Waals surface area (Å²) < 4.78 is 48.0. The molecule has 2 rings (SSSR count). The Kier molecular flexibility index (Phi) is 7.65. The number of halogens is 3. The number of thioether (sulfide) groups is 1. The van der Waals surface area contributed by atoms with Gasteiger partial charge in [-0.2, -0.15) is 20.5 Å². The molecule has 1 amide bonds. The van der Waals surface area contributed by atoms with Crippen molar-refractivity contribution in [2.24, 2.45) is 0 Å². The standard InChI is InChI=1S/C18H18F3NO3S/c1-24-15-8-4-6-13(16(15)25-18(20)21)17(23)22-9-10-26-11-12-5-2-3-7-14(12)19/h2-8,18H,9-11H2,1H3,(H,22,23). The van der Waals surface area contributed by atoms with E-state index in [1.807, 2.05) is 0 Å². The summed E-state index contributed by atoms with van der Waals surface area (Å²) in [7, 11) is 1.30. The van der Waals surface area contributed by atoms with E-state index in [2.05, 4.69) is 10.1 Å². The van der Waals surface area contributed by atoms with Gasteiger partial charge < -0.3 is 14.8 Å². The summed E-state index contributed by atoms with van der Waals surface area (Å²) >= 11 is 1.45. The van der Waals surface area contributed by atoms with Crippen LogP contribution in [0.5, 0.6) is 11.5 Å². The van der Waals surface area contributed by atoms with E-state index in [4.69, 9.17) is 4.74 Å². The zero-order chi connectivity index (χ0) is 18.9. The van der Waals surface area contributed by atoms with Gasteiger partial charge in [0, 0.05) is 18.1 Å². The van der Waals surface area contributed by atoms with Gasteiger partial charge in [0.05, 0.1) is 12.7 Å². The second-order valence-corrected chi connectivity index (χ2v) is 6.22. The number of carbonyl (C=O) groups excluding carboxylic acids is 1. The minimum Gasteiger partial charge on any atom is -0.493 e. The van der Waals surface area contributed by atoms with E-state index in [1.54, 1.807) is 18.2 Å². The number of methoxy groups -OCH3 is 1. The molecular weight excluding hydrogens is 367 g/mol. The lowest BCUT2D eigenvalue weighted by Crippen LogP contribution is -2.26. The van der Waals surface area contributed by atoms with Crippen LogP contribution >= 0.6 is 11.8 Å². The van der Waals surface area contributed by atoms with Crippen molar-refractivity contribution in [3.8, 4) is 11.5 Å². The number of nitrogens with one attached hydrogen (secondary N) is 1. The third-order valence-corrected chi connectivity index (χ3v) is 4.41. The van der Waals surface area contributed by atoms with Crippen LogP contribution in [0.3, 0.4) is 0 Å². The molecule has 0 saturated carbocycles. The van der Waals surface area contributed by atoms with Crippen LogP contribution in [0.25, 0.3) is 0 Å². The average Bonchev–Trinajstić information content (AvgIpc) is 2.62. The summed E-state index contributed by atoms with van der Waals surface area (Å²) in [5.41, 5.74) is 0.549. The lowest BCUT2D eigenvalue weighted by Gasteiger charge is -2.14. The Balaban J connectivity index is 1.89. The normalized spacial score (nSPS) is 10.7. The van der Waals surface area contributed by atoms with Crippen molar-refractivity contribution in [1.29, 1.82) is 0 Å². The van der Waals surface area contributed by atoms with Crippen LogP contribution in [-0.2, 0) is 5.75 Å². The first kappa shape index (κ1) is 20.0. The second-order valence-electron chi connectivity index (χ2n) is 5.12. The number of rotatable bonds is 9. The number of ether oxygens (including phenoxy) is 2. The number of para-hydroxylation sites is 1. The lowest BCUT2D eigenvalue weighted by atomic mass is 10.1. The molecule has 2 aromatic rings. The maximum Gasteiger partial charge on any atom is 0.387 e. The smallest absolute Gasteiger partial charge is 0.387 e. The summed E-state index contributed by atoms with van der Waals surface area (Å²) in [4.78, 5) is 12.2. The highest BCUT2D eigenvalue weighted by molar-refractivity contribution is 7.98. The summed E-state index contributed by atoms with van der Waals surface area (Å²) in [6.07, 6.45) is 0. The van der Waals surface area contributed by atoms with E-state index >= 15 is 0 Å². The molecule has 1 N–H and O–H groups in total. The lowest BCUT2D eigenvalue weighted by molar-refractivity contribution is -0.0515. The molecule has 0 unspecified atom stereocenters. The van der Waals surface area contributed by atoms with Gasteiger partial charge in [0.2, 0.25) is 0 Å². The first-order chi connectivity index (χ1) is 12.5. The first-order valence-electron chi connectivity index (χ1n) is 7.74. The number of benzene rings is 2. The van der Waals surface area contributed by atoms with Crippen molar-refractivity contribution in [2.75, 3.05) is 19.4 Å². The van der Waals surface area contributed by atoms with E-state index < -0.39 is 12.5 Å². The average molecular weight is 385 g/mol. The minimum absolute atomic E-state index is 0.0382. The van der Waals surface area contributed by atoms with E-state index in [1.165, 1.54) is 43.1 Å². The van der Waals surface area contributed by atoms with E-state index in [0.29, 0.717) is 23.6 Å². The Labute approximate surface area is 153 Å². The van der Waals surface area contributed by atoms with Crippen LogP contribution in [0.2, 0.25) is 0 Å². The molecule has 4 nitrogen and oxygen atoms in total. The molecule has 0 aliphatic carbocycles. The van der Waals surface area contributed by atoms with E-state index in [0.717, 1.165) is 0 Å². The van der Waals surface area contributed by atoms with Gasteiger partial charge in [0.15, 0.2) is 11.5 Å². The van der Waals surface area contributed by atoms with Crippen LogP contribution in [0.1, 0.15) is 15.9 Å². The van der Waals surface area contributed by atoms with Gasteiger partial charge in [-0.05, 0) is 23.8 Å². The van der Waals surface area contributed by atoms with Crippen LogP contribution in [-0.4, -0.2) is 31.9 Å². The highest BCUT2D eigenvalue weighted by Crippen LogP contribution is 2.32. The summed E-state index contributed by atoms with van der Waals surface area (Å²) in [6, 6.07) is 10.8. The van der Waals surface area contributed by atoms with Crippen molar-refractivity contribution in [3.05, 3.63) is 59.4 Å². The molecule has 0 aliphatic heterocycles. The third-order valence-electron chi connectivity index (χ3n) is 3.40. The topological polar surface area (TPSA) is 47.6 Å². The summed E-state index contributed by atoms with van der Waals surface area (Å²) in [5.74, 6) is -0.0649.